The Kier molecular flexibility index (Phi) is 3.68. The summed E-state index contributed by atoms with van der Waals surface area (Å²) in [6.07, 6.45) is 12.9. The van der Waals surface area contributed by atoms with Gasteiger partial charge >= 0.3 is 0 Å². The van der Waals surface area contributed by atoms with E-state index in [2.05, 4.69) is 11.8 Å². The molecule has 0 aromatic heterocycles. The maximum atomic E-state index is 6.27. The number of piperidine rings is 1. The molecule has 0 spiro atoms. The Labute approximate surface area is 112 Å². The molecule has 3 rings (SSSR count). The highest BCUT2D eigenvalue weighted by atomic mass is 15.3. The molecule has 0 radical (unpaired) electrons. The van der Waals surface area contributed by atoms with Crippen LogP contribution in [0.15, 0.2) is 0 Å². The van der Waals surface area contributed by atoms with E-state index in [1.54, 1.807) is 0 Å². The Morgan fingerprint density at radius 1 is 1.06 bits per heavy atom. The zero-order chi connectivity index (χ0) is 12.6. The average Bonchev–Trinajstić information content (AvgIpc) is 2.80. The maximum Gasteiger partial charge on any atom is 0.0360 e. The molecule has 0 amide bonds. The van der Waals surface area contributed by atoms with Gasteiger partial charge in [0, 0.05) is 18.1 Å². The van der Waals surface area contributed by atoms with Crippen LogP contribution in [0.2, 0.25) is 0 Å². The van der Waals surface area contributed by atoms with Gasteiger partial charge in [-0.1, -0.05) is 26.2 Å². The SMILES string of the molecule is CC1CCCC1(CN)N1CCCC2CCCCC21. The smallest absolute Gasteiger partial charge is 0.0360 e. The molecule has 0 bridgehead atoms. The van der Waals surface area contributed by atoms with Crippen LogP contribution in [0.4, 0.5) is 0 Å². The van der Waals surface area contributed by atoms with Gasteiger partial charge < -0.3 is 5.73 Å². The summed E-state index contributed by atoms with van der Waals surface area (Å²) < 4.78 is 0. The van der Waals surface area contributed by atoms with E-state index < -0.39 is 0 Å². The highest BCUT2D eigenvalue weighted by molar-refractivity contribution is 5.04. The summed E-state index contributed by atoms with van der Waals surface area (Å²) in [7, 11) is 0. The van der Waals surface area contributed by atoms with Crippen LogP contribution >= 0.6 is 0 Å². The third-order valence-electron chi connectivity index (χ3n) is 6.33. The van der Waals surface area contributed by atoms with Gasteiger partial charge in [-0.05, 0) is 56.9 Å². The number of likely N-dealkylation sites (tertiary alicyclic amines) is 1. The van der Waals surface area contributed by atoms with E-state index in [0.717, 1.165) is 24.4 Å². The van der Waals surface area contributed by atoms with Crippen LogP contribution in [0.3, 0.4) is 0 Å². The molecule has 4 atom stereocenters. The Morgan fingerprint density at radius 2 is 1.83 bits per heavy atom. The lowest BCUT2D eigenvalue weighted by Crippen LogP contribution is -2.63. The summed E-state index contributed by atoms with van der Waals surface area (Å²) in [5.74, 6) is 1.80. The molecule has 2 aliphatic carbocycles. The van der Waals surface area contributed by atoms with Gasteiger partial charge in [-0.15, -0.1) is 0 Å². The van der Waals surface area contributed by atoms with E-state index in [1.807, 2.05) is 0 Å². The van der Waals surface area contributed by atoms with Crippen molar-refractivity contribution in [2.45, 2.75) is 76.3 Å². The van der Waals surface area contributed by atoms with Crippen molar-refractivity contribution in [2.24, 2.45) is 17.6 Å². The maximum absolute atomic E-state index is 6.27. The summed E-state index contributed by atoms with van der Waals surface area (Å²) >= 11 is 0. The van der Waals surface area contributed by atoms with Crippen molar-refractivity contribution in [2.75, 3.05) is 13.1 Å². The molecule has 0 aromatic rings. The van der Waals surface area contributed by atoms with E-state index in [-0.39, 0.29) is 0 Å². The van der Waals surface area contributed by atoms with Crippen LogP contribution < -0.4 is 5.73 Å². The van der Waals surface area contributed by atoms with Crippen LogP contribution in [0, 0.1) is 11.8 Å². The monoisotopic (exact) mass is 250 g/mol. The van der Waals surface area contributed by atoms with Gasteiger partial charge in [0.15, 0.2) is 0 Å². The van der Waals surface area contributed by atoms with Crippen LogP contribution in [-0.4, -0.2) is 29.6 Å². The second-order valence-electron chi connectivity index (χ2n) is 7.05. The van der Waals surface area contributed by atoms with Crippen molar-refractivity contribution in [3.63, 3.8) is 0 Å². The number of nitrogens with zero attached hydrogens (tertiary/aromatic N) is 1. The first-order chi connectivity index (χ1) is 8.78. The summed E-state index contributed by atoms with van der Waals surface area (Å²) in [6.45, 7) is 4.66. The van der Waals surface area contributed by atoms with Gasteiger partial charge in [0.25, 0.3) is 0 Å². The first-order valence-electron chi connectivity index (χ1n) is 8.25. The lowest BCUT2D eigenvalue weighted by atomic mass is 9.74. The van der Waals surface area contributed by atoms with Crippen molar-refractivity contribution in [3.8, 4) is 0 Å². The van der Waals surface area contributed by atoms with Crippen LogP contribution in [0.1, 0.15) is 64.7 Å². The fraction of sp³-hybridized carbons (Fsp3) is 1.00. The molecule has 3 fully saturated rings. The van der Waals surface area contributed by atoms with Crippen molar-refractivity contribution >= 4 is 0 Å². The second kappa shape index (κ2) is 5.13. The highest BCUT2D eigenvalue weighted by Gasteiger charge is 2.49. The fourth-order valence-electron chi connectivity index (χ4n) is 5.25. The topological polar surface area (TPSA) is 29.3 Å². The molecule has 0 aromatic carbocycles. The Bertz CT molecular complexity index is 289. The normalized spacial score (nSPS) is 46.0. The molecule has 2 saturated carbocycles. The minimum atomic E-state index is 0.362. The summed E-state index contributed by atoms with van der Waals surface area (Å²) in [5.41, 5.74) is 6.63. The number of fused-ring (bicyclic) bond motifs is 1. The number of nitrogens with two attached hydrogens (primary N) is 1. The van der Waals surface area contributed by atoms with Gasteiger partial charge in [0.05, 0.1) is 0 Å². The molecule has 2 heteroatoms. The number of hydrogen-bond acceptors (Lipinski definition) is 2. The first-order valence-corrected chi connectivity index (χ1v) is 8.25. The quantitative estimate of drug-likeness (QED) is 0.815. The lowest BCUT2D eigenvalue weighted by Gasteiger charge is -2.54. The Hall–Kier alpha value is -0.0800. The molecular formula is C16H30N2. The minimum Gasteiger partial charge on any atom is -0.329 e. The van der Waals surface area contributed by atoms with Crippen LogP contribution in [0.5, 0.6) is 0 Å². The first kappa shape index (κ1) is 12.9. The fourth-order valence-corrected chi connectivity index (χ4v) is 5.25. The summed E-state index contributed by atoms with van der Waals surface area (Å²) in [6, 6.07) is 0.872. The van der Waals surface area contributed by atoms with Crippen LogP contribution in [-0.2, 0) is 0 Å². The predicted molar refractivity (Wildman–Crippen MR) is 76.5 cm³/mol. The van der Waals surface area contributed by atoms with Gasteiger partial charge in [0.2, 0.25) is 0 Å². The largest absolute Gasteiger partial charge is 0.329 e. The van der Waals surface area contributed by atoms with Gasteiger partial charge in [-0.25, -0.2) is 0 Å². The van der Waals surface area contributed by atoms with Crippen molar-refractivity contribution in [1.29, 1.82) is 0 Å². The lowest BCUT2D eigenvalue weighted by molar-refractivity contribution is -0.0409. The molecule has 1 aliphatic heterocycles. The Balaban J connectivity index is 1.84. The highest BCUT2D eigenvalue weighted by Crippen LogP contribution is 2.46. The van der Waals surface area contributed by atoms with E-state index in [1.165, 1.54) is 64.3 Å². The summed E-state index contributed by atoms with van der Waals surface area (Å²) in [5, 5.41) is 0. The molecule has 1 saturated heterocycles. The van der Waals surface area contributed by atoms with E-state index in [0.29, 0.717) is 5.54 Å². The van der Waals surface area contributed by atoms with Crippen molar-refractivity contribution in [3.05, 3.63) is 0 Å². The van der Waals surface area contributed by atoms with Gasteiger partial charge in [0.1, 0.15) is 0 Å². The number of rotatable bonds is 2. The van der Waals surface area contributed by atoms with Crippen molar-refractivity contribution < 1.29 is 0 Å². The van der Waals surface area contributed by atoms with Gasteiger partial charge in [-0.3, -0.25) is 4.90 Å². The molecule has 3 aliphatic rings. The summed E-state index contributed by atoms with van der Waals surface area (Å²) in [4.78, 5) is 2.90. The molecular weight excluding hydrogens is 220 g/mol. The molecule has 4 unspecified atom stereocenters. The molecule has 18 heavy (non-hydrogen) atoms. The molecule has 104 valence electrons. The molecule has 2 N–H and O–H groups in total. The zero-order valence-corrected chi connectivity index (χ0v) is 12.0. The molecule has 2 nitrogen and oxygen atoms in total. The number of hydrogen-bond donors (Lipinski definition) is 1. The van der Waals surface area contributed by atoms with Crippen molar-refractivity contribution in [1.82, 2.24) is 4.90 Å². The predicted octanol–water partition coefficient (Wildman–Crippen LogP) is 3.16. The standard InChI is InChI=1S/C16H30N2/c1-13-6-4-10-16(13,12-17)18-11-5-8-14-7-2-3-9-15(14)18/h13-15H,2-12,17H2,1H3. The second-order valence-corrected chi connectivity index (χ2v) is 7.05. The third kappa shape index (κ3) is 1.92. The third-order valence-corrected chi connectivity index (χ3v) is 6.33. The van der Waals surface area contributed by atoms with E-state index in [9.17, 15) is 0 Å². The molecule has 1 heterocycles. The van der Waals surface area contributed by atoms with E-state index in [4.69, 9.17) is 5.73 Å². The minimum absolute atomic E-state index is 0.362. The average molecular weight is 250 g/mol. The van der Waals surface area contributed by atoms with Crippen LogP contribution in [0.25, 0.3) is 0 Å². The zero-order valence-electron chi connectivity index (χ0n) is 12.0. The van der Waals surface area contributed by atoms with E-state index >= 15 is 0 Å². The Morgan fingerprint density at radius 3 is 2.56 bits per heavy atom. The van der Waals surface area contributed by atoms with Gasteiger partial charge in [-0.2, -0.15) is 0 Å².